The van der Waals surface area contributed by atoms with Crippen LogP contribution in [0.25, 0.3) is 0 Å². The number of ether oxygens (including phenoxy) is 1. The first-order valence-electron chi connectivity index (χ1n) is 7.95. The van der Waals surface area contributed by atoms with Gasteiger partial charge in [-0.25, -0.2) is 8.42 Å². The molecule has 0 amide bonds. The monoisotopic (exact) mass is 340 g/mol. The van der Waals surface area contributed by atoms with Crippen molar-refractivity contribution in [2.24, 2.45) is 4.99 Å². The largest absolute Gasteiger partial charge is 0.491 e. The molecule has 0 spiro atoms. The number of hydrogen-bond donors (Lipinski definition) is 1. The quantitative estimate of drug-likeness (QED) is 0.546. The fraction of sp³-hybridized carbons (Fsp3) is 0.562. The number of amidine groups is 1. The molecule has 2 aliphatic rings. The summed E-state index contributed by atoms with van der Waals surface area (Å²) in [6, 6.07) is 0. The highest BCUT2D eigenvalue weighted by Gasteiger charge is 2.48. The minimum atomic E-state index is -3.43. The maximum atomic E-state index is 11.9. The lowest BCUT2D eigenvalue weighted by molar-refractivity contribution is -0.778. The van der Waals surface area contributed by atoms with Gasteiger partial charge in [0.1, 0.15) is 11.9 Å². The smallest absolute Gasteiger partial charge is 0.251 e. The van der Waals surface area contributed by atoms with E-state index in [-0.39, 0.29) is 4.59 Å². The van der Waals surface area contributed by atoms with Crippen LogP contribution < -0.4 is 4.83 Å². The molecule has 0 aromatic heterocycles. The van der Waals surface area contributed by atoms with Crippen molar-refractivity contribution in [2.75, 3.05) is 13.4 Å². The van der Waals surface area contributed by atoms with E-state index in [9.17, 15) is 8.42 Å². The Hall–Kier alpha value is -1.44. The fourth-order valence-corrected chi connectivity index (χ4v) is 3.80. The molecule has 0 radical (unpaired) electrons. The van der Waals surface area contributed by atoms with Crippen molar-refractivity contribution in [3.8, 4) is 0 Å². The van der Waals surface area contributed by atoms with Gasteiger partial charge in [-0.15, -0.1) is 4.59 Å². The lowest BCUT2D eigenvalue weighted by atomic mass is 10.1. The standard InChI is InChI=1S/C16H26N3O3S/c1-5-6-7-8-10-14-16-15(22-3)11-9-12-19(16,13(2)17-14)18-23(4,20)21/h9,11-12,18H,5-8,10H2,1-4H3/q+1. The maximum Gasteiger partial charge on any atom is 0.251 e. The van der Waals surface area contributed by atoms with E-state index < -0.39 is 10.0 Å². The number of nitrogens with one attached hydrogen (secondary N) is 1. The first-order chi connectivity index (χ1) is 10.8. The van der Waals surface area contributed by atoms with Gasteiger partial charge in [0, 0.05) is 6.92 Å². The third-order valence-electron chi connectivity index (χ3n) is 4.02. The Labute approximate surface area is 138 Å². The second kappa shape index (κ2) is 6.98. The number of allylic oxidation sites excluding steroid dienone is 3. The molecule has 2 rings (SSSR count). The molecule has 0 bridgehead atoms. The number of hydrogen-bond acceptors (Lipinski definition) is 4. The number of nitrogens with zero attached hydrogens (tertiary/aromatic N) is 2. The highest BCUT2D eigenvalue weighted by atomic mass is 32.2. The van der Waals surface area contributed by atoms with Crippen LogP contribution in [0.15, 0.2) is 40.5 Å². The zero-order chi connectivity index (χ0) is 17.1. The van der Waals surface area contributed by atoms with E-state index in [0.29, 0.717) is 11.6 Å². The van der Waals surface area contributed by atoms with Gasteiger partial charge in [-0.2, -0.15) is 4.99 Å². The van der Waals surface area contributed by atoms with Gasteiger partial charge in [-0.05, 0) is 29.8 Å². The van der Waals surface area contributed by atoms with Crippen LogP contribution >= 0.6 is 0 Å². The zero-order valence-electron chi connectivity index (χ0n) is 14.3. The lowest BCUT2D eigenvalue weighted by Crippen LogP contribution is -2.57. The molecule has 6 nitrogen and oxygen atoms in total. The molecule has 128 valence electrons. The lowest BCUT2D eigenvalue weighted by Gasteiger charge is -2.32. The van der Waals surface area contributed by atoms with Gasteiger partial charge >= 0.3 is 0 Å². The maximum absolute atomic E-state index is 11.9. The SMILES string of the molecule is CCCCCCC1=C2C(OC)=CC=C[N+]2(NS(C)(=O)=O)C(C)=N1. The summed E-state index contributed by atoms with van der Waals surface area (Å²) in [4.78, 5) is 7.35. The minimum absolute atomic E-state index is 0.110. The number of unbranched alkanes of at least 4 members (excludes halogenated alkanes) is 3. The van der Waals surface area contributed by atoms with Gasteiger partial charge in [0.2, 0.25) is 11.5 Å². The number of fused-ring (bicyclic) bond motifs is 1. The van der Waals surface area contributed by atoms with Crippen molar-refractivity contribution >= 4 is 15.9 Å². The van der Waals surface area contributed by atoms with E-state index in [1.807, 2.05) is 13.0 Å². The topological polar surface area (TPSA) is 67.8 Å². The van der Waals surface area contributed by atoms with E-state index in [0.717, 1.165) is 36.9 Å². The van der Waals surface area contributed by atoms with Crippen molar-refractivity contribution in [3.63, 3.8) is 0 Å². The Bertz CT molecular complexity index is 689. The molecular formula is C16H26N3O3S+. The summed E-state index contributed by atoms with van der Waals surface area (Å²) in [5.74, 6) is 1.32. The van der Waals surface area contributed by atoms with Crippen LogP contribution in [0.5, 0.6) is 0 Å². The second-order valence-corrected chi connectivity index (χ2v) is 7.65. The summed E-state index contributed by atoms with van der Waals surface area (Å²) < 4.78 is 29.1. The number of quaternary nitrogens is 1. The highest BCUT2D eigenvalue weighted by molar-refractivity contribution is 7.88. The summed E-state index contributed by atoms with van der Waals surface area (Å²) in [6.07, 6.45) is 11.9. The molecule has 0 aliphatic carbocycles. The summed E-state index contributed by atoms with van der Waals surface area (Å²) in [5.41, 5.74) is 1.67. The first-order valence-corrected chi connectivity index (χ1v) is 9.84. The van der Waals surface area contributed by atoms with Crippen molar-refractivity contribution in [1.29, 1.82) is 0 Å². The van der Waals surface area contributed by atoms with Crippen LogP contribution in [-0.4, -0.2) is 32.2 Å². The Morgan fingerprint density at radius 3 is 2.65 bits per heavy atom. The molecular weight excluding hydrogens is 314 g/mol. The summed E-state index contributed by atoms with van der Waals surface area (Å²) in [5, 5.41) is 0. The average Bonchev–Trinajstić information content (AvgIpc) is 2.74. The molecule has 2 aliphatic heterocycles. The fourth-order valence-electron chi connectivity index (χ4n) is 2.99. The third-order valence-corrected chi connectivity index (χ3v) is 4.64. The number of rotatable bonds is 8. The van der Waals surface area contributed by atoms with E-state index in [1.165, 1.54) is 12.8 Å². The third kappa shape index (κ3) is 3.73. The van der Waals surface area contributed by atoms with Crippen LogP contribution in [0, 0.1) is 0 Å². The molecule has 0 saturated carbocycles. The molecule has 0 aromatic carbocycles. The Morgan fingerprint density at radius 1 is 1.30 bits per heavy atom. The summed E-state index contributed by atoms with van der Waals surface area (Å²) >= 11 is 0. The predicted octanol–water partition coefficient (Wildman–Crippen LogP) is 2.94. The van der Waals surface area contributed by atoms with E-state index >= 15 is 0 Å². The minimum Gasteiger partial charge on any atom is -0.491 e. The first kappa shape index (κ1) is 17.9. The van der Waals surface area contributed by atoms with Gasteiger partial charge in [0.05, 0.1) is 13.4 Å². The van der Waals surface area contributed by atoms with Crippen molar-refractivity contribution in [1.82, 2.24) is 4.83 Å². The molecule has 0 aromatic rings. The van der Waals surface area contributed by atoms with E-state index in [2.05, 4.69) is 16.7 Å². The normalized spacial score (nSPS) is 23.7. The van der Waals surface area contributed by atoms with Gasteiger partial charge in [0.25, 0.3) is 10.0 Å². The van der Waals surface area contributed by atoms with Gasteiger partial charge in [0.15, 0.2) is 5.76 Å². The molecule has 7 heteroatoms. The summed E-state index contributed by atoms with van der Waals surface area (Å²) in [6.45, 7) is 4.01. The van der Waals surface area contributed by atoms with Crippen molar-refractivity contribution < 1.29 is 17.7 Å². The molecule has 1 atom stereocenters. The van der Waals surface area contributed by atoms with E-state index in [4.69, 9.17) is 4.74 Å². The van der Waals surface area contributed by atoms with Gasteiger partial charge < -0.3 is 4.74 Å². The van der Waals surface area contributed by atoms with Crippen LogP contribution in [0.1, 0.15) is 46.0 Å². The van der Waals surface area contributed by atoms with E-state index in [1.54, 1.807) is 19.4 Å². The molecule has 1 N–H and O–H groups in total. The summed E-state index contributed by atoms with van der Waals surface area (Å²) in [7, 11) is -1.84. The Kier molecular flexibility index (Phi) is 5.44. The second-order valence-electron chi connectivity index (χ2n) is 5.93. The van der Waals surface area contributed by atoms with Crippen LogP contribution in [0.3, 0.4) is 0 Å². The highest BCUT2D eigenvalue weighted by Crippen LogP contribution is 2.38. The molecule has 23 heavy (non-hydrogen) atoms. The predicted molar refractivity (Wildman–Crippen MR) is 91.4 cm³/mol. The average molecular weight is 340 g/mol. The van der Waals surface area contributed by atoms with Gasteiger partial charge in [-0.3, -0.25) is 0 Å². The van der Waals surface area contributed by atoms with Crippen LogP contribution in [-0.2, 0) is 14.8 Å². The Balaban J connectivity index is 2.40. The molecule has 0 fully saturated rings. The van der Waals surface area contributed by atoms with Gasteiger partial charge in [-0.1, -0.05) is 26.2 Å². The molecule has 2 heterocycles. The van der Waals surface area contributed by atoms with Crippen LogP contribution in [0.2, 0.25) is 0 Å². The van der Waals surface area contributed by atoms with Crippen LogP contribution in [0.4, 0.5) is 0 Å². The number of sulfonamides is 1. The zero-order valence-corrected chi connectivity index (χ0v) is 15.1. The molecule has 1 unspecified atom stereocenters. The number of methoxy groups -OCH3 is 1. The van der Waals surface area contributed by atoms with Crippen molar-refractivity contribution in [2.45, 2.75) is 46.0 Å². The number of aliphatic imine (C=N–C) groups is 1. The molecule has 0 saturated heterocycles. The Morgan fingerprint density at radius 2 is 2.04 bits per heavy atom. The van der Waals surface area contributed by atoms with Crippen molar-refractivity contribution in [3.05, 3.63) is 35.5 Å².